The van der Waals surface area contributed by atoms with Gasteiger partial charge in [-0.15, -0.1) is 0 Å². The molecule has 0 bridgehead atoms. The van der Waals surface area contributed by atoms with Gasteiger partial charge in [-0.2, -0.15) is 0 Å². The molecule has 0 aliphatic rings. The third-order valence-electron chi connectivity index (χ3n) is 10.4. The predicted octanol–water partition coefficient (Wildman–Crippen LogP) is 14.8. The van der Waals surface area contributed by atoms with Crippen LogP contribution in [0.4, 0.5) is 0 Å². The molecule has 0 amide bonds. The van der Waals surface area contributed by atoms with Gasteiger partial charge in [0.25, 0.3) is 0 Å². The van der Waals surface area contributed by atoms with E-state index in [4.69, 9.17) is 9.47 Å². The van der Waals surface area contributed by atoms with E-state index in [9.17, 15) is 9.90 Å². The Labute approximate surface area is 308 Å². The second-order valence-electron chi connectivity index (χ2n) is 15.5. The summed E-state index contributed by atoms with van der Waals surface area (Å²) in [6.07, 6.45) is 50.3. The average molecular weight is 695 g/mol. The van der Waals surface area contributed by atoms with Crippen molar-refractivity contribution in [3.8, 4) is 0 Å². The minimum Gasteiger partial charge on any atom is -0.457 e. The lowest BCUT2D eigenvalue weighted by molar-refractivity contribution is -0.154. The number of hydrogen-bond donors (Lipinski definition) is 1. The molecule has 49 heavy (non-hydrogen) atoms. The lowest BCUT2D eigenvalue weighted by atomic mass is 10.0. The van der Waals surface area contributed by atoms with Crippen molar-refractivity contribution in [1.29, 1.82) is 0 Å². The van der Waals surface area contributed by atoms with Crippen molar-refractivity contribution in [2.75, 3.05) is 19.8 Å². The lowest BCUT2D eigenvalue weighted by Gasteiger charge is -2.16. The van der Waals surface area contributed by atoms with Gasteiger partial charge >= 0.3 is 5.97 Å². The number of unbranched alkanes of at least 4 members (excludes halogenated alkanes) is 35. The van der Waals surface area contributed by atoms with E-state index in [1.807, 2.05) is 0 Å². The van der Waals surface area contributed by atoms with Gasteiger partial charge in [0.1, 0.15) is 6.10 Å². The molecule has 0 aromatic rings. The quantitative estimate of drug-likeness (QED) is 0.0510. The van der Waals surface area contributed by atoms with Crippen LogP contribution < -0.4 is 0 Å². The molecule has 4 nitrogen and oxygen atoms in total. The summed E-state index contributed by atoms with van der Waals surface area (Å²) in [6, 6.07) is 0. The highest BCUT2D eigenvalue weighted by Crippen LogP contribution is 2.16. The number of carbonyl (C=O) groups is 1. The van der Waals surface area contributed by atoms with Crippen LogP contribution in [0, 0.1) is 0 Å². The van der Waals surface area contributed by atoms with Crippen LogP contribution in [0.3, 0.4) is 0 Å². The van der Waals surface area contributed by atoms with Crippen LogP contribution >= 0.6 is 0 Å². The minimum absolute atomic E-state index is 0.163. The Kier molecular flexibility index (Phi) is 43.0. The Hall–Kier alpha value is -0.610. The van der Waals surface area contributed by atoms with Gasteiger partial charge in [0.05, 0.1) is 13.2 Å². The summed E-state index contributed by atoms with van der Waals surface area (Å²) in [6.45, 7) is 5.41. The molecule has 0 spiro atoms. The predicted molar refractivity (Wildman–Crippen MR) is 215 cm³/mol. The van der Waals surface area contributed by atoms with Crippen molar-refractivity contribution in [2.24, 2.45) is 0 Å². The zero-order chi connectivity index (χ0) is 35.6. The summed E-state index contributed by atoms with van der Waals surface area (Å²) in [5.74, 6) is -0.192. The van der Waals surface area contributed by atoms with Gasteiger partial charge in [-0.3, -0.25) is 4.79 Å². The summed E-state index contributed by atoms with van der Waals surface area (Å²) in [7, 11) is 0. The summed E-state index contributed by atoms with van der Waals surface area (Å²) in [5.41, 5.74) is 0. The fourth-order valence-corrected chi connectivity index (χ4v) is 7.04. The minimum atomic E-state index is -0.525. The molecule has 294 valence electrons. The SMILES string of the molecule is CCCCCCCCCCCCCCCCCCCCCCCC(=O)OC(CO)COCCCCCCCCCCCCCCCCCC. The number of rotatable bonds is 43. The van der Waals surface area contributed by atoms with Gasteiger partial charge in [0.15, 0.2) is 0 Å². The summed E-state index contributed by atoms with van der Waals surface area (Å²) in [5, 5.41) is 9.61. The number of aliphatic hydroxyl groups excluding tert-OH is 1. The standard InChI is InChI=1S/C45H90O4/c1-3-5-7-9-11-13-15-17-19-21-22-23-24-25-26-28-30-32-34-36-38-40-45(47)49-44(42-46)43-48-41-39-37-35-33-31-29-27-20-18-16-14-12-10-8-6-4-2/h44,46H,3-43H2,1-2H3. The van der Waals surface area contributed by atoms with Crippen molar-refractivity contribution in [1.82, 2.24) is 0 Å². The molecule has 0 radical (unpaired) electrons. The lowest BCUT2D eigenvalue weighted by Crippen LogP contribution is -2.27. The zero-order valence-electron chi connectivity index (χ0n) is 33.7. The first-order valence-electron chi connectivity index (χ1n) is 22.6. The van der Waals surface area contributed by atoms with Crippen molar-refractivity contribution >= 4 is 5.97 Å². The van der Waals surface area contributed by atoms with E-state index in [0.717, 1.165) is 19.3 Å². The average Bonchev–Trinajstić information content (AvgIpc) is 3.11. The molecule has 0 aliphatic carbocycles. The number of ether oxygens (including phenoxy) is 2. The fourth-order valence-electron chi connectivity index (χ4n) is 7.04. The van der Waals surface area contributed by atoms with Crippen LogP contribution in [-0.2, 0) is 14.3 Å². The van der Waals surface area contributed by atoms with Crippen LogP contribution in [0.5, 0.6) is 0 Å². The number of esters is 1. The first-order valence-corrected chi connectivity index (χ1v) is 22.6. The van der Waals surface area contributed by atoms with Gasteiger partial charge in [-0.25, -0.2) is 0 Å². The molecule has 0 aliphatic heterocycles. The fraction of sp³-hybridized carbons (Fsp3) is 0.978. The van der Waals surface area contributed by atoms with E-state index >= 15 is 0 Å². The molecule has 0 saturated carbocycles. The van der Waals surface area contributed by atoms with E-state index in [1.54, 1.807) is 0 Å². The Bertz CT molecular complexity index is 609. The molecular formula is C45H90O4. The van der Waals surface area contributed by atoms with E-state index in [1.165, 1.54) is 218 Å². The summed E-state index contributed by atoms with van der Waals surface area (Å²) in [4.78, 5) is 12.2. The Morgan fingerprint density at radius 1 is 0.408 bits per heavy atom. The first kappa shape index (κ1) is 48.4. The van der Waals surface area contributed by atoms with E-state index in [0.29, 0.717) is 19.6 Å². The van der Waals surface area contributed by atoms with Crippen molar-refractivity contribution in [3.05, 3.63) is 0 Å². The zero-order valence-corrected chi connectivity index (χ0v) is 33.7. The highest BCUT2D eigenvalue weighted by Gasteiger charge is 2.13. The van der Waals surface area contributed by atoms with Crippen LogP contribution in [0.15, 0.2) is 0 Å². The van der Waals surface area contributed by atoms with Gasteiger partial charge in [0.2, 0.25) is 0 Å². The highest BCUT2D eigenvalue weighted by atomic mass is 16.6. The second kappa shape index (κ2) is 43.6. The molecule has 0 fully saturated rings. The molecule has 0 heterocycles. The van der Waals surface area contributed by atoms with E-state index in [-0.39, 0.29) is 12.6 Å². The topological polar surface area (TPSA) is 55.8 Å². The molecule has 1 unspecified atom stereocenters. The Morgan fingerprint density at radius 2 is 0.673 bits per heavy atom. The summed E-state index contributed by atoms with van der Waals surface area (Å²) < 4.78 is 11.2. The van der Waals surface area contributed by atoms with Gasteiger partial charge < -0.3 is 14.6 Å². The third-order valence-corrected chi connectivity index (χ3v) is 10.4. The Balaban J connectivity index is 3.34. The summed E-state index contributed by atoms with van der Waals surface area (Å²) >= 11 is 0. The molecular weight excluding hydrogens is 604 g/mol. The van der Waals surface area contributed by atoms with Crippen LogP contribution in [-0.4, -0.2) is 37.0 Å². The molecule has 0 aromatic carbocycles. The number of carbonyl (C=O) groups excluding carboxylic acids is 1. The maximum absolute atomic E-state index is 12.2. The van der Waals surface area contributed by atoms with Gasteiger partial charge in [-0.05, 0) is 12.8 Å². The number of hydrogen-bond acceptors (Lipinski definition) is 4. The maximum atomic E-state index is 12.2. The molecule has 1 N–H and O–H groups in total. The Morgan fingerprint density at radius 3 is 0.959 bits per heavy atom. The van der Waals surface area contributed by atoms with E-state index < -0.39 is 6.10 Å². The molecule has 0 aromatic heterocycles. The van der Waals surface area contributed by atoms with Gasteiger partial charge in [-0.1, -0.05) is 239 Å². The van der Waals surface area contributed by atoms with Crippen LogP contribution in [0.1, 0.15) is 258 Å². The number of aliphatic hydroxyl groups is 1. The van der Waals surface area contributed by atoms with Crippen LogP contribution in [0.25, 0.3) is 0 Å². The molecule has 1 atom stereocenters. The molecule has 0 rings (SSSR count). The molecule has 4 heteroatoms. The van der Waals surface area contributed by atoms with Crippen molar-refractivity contribution in [2.45, 2.75) is 264 Å². The smallest absolute Gasteiger partial charge is 0.306 e. The van der Waals surface area contributed by atoms with E-state index in [2.05, 4.69) is 13.8 Å². The maximum Gasteiger partial charge on any atom is 0.306 e. The largest absolute Gasteiger partial charge is 0.457 e. The molecule has 0 saturated heterocycles. The first-order chi connectivity index (χ1) is 24.2. The monoisotopic (exact) mass is 695 g/mol. The van der Waals surface area contributed by atoms with Crippen molar-refractivity contribution in [3.63, 3.8) is 0 Å². The normalized spacial score (nSPS) is 12.1. The van der Waals surface area contributed by atoms with Crippen LogP contribution in [0.2, 0.25) is 0 Å². The van der Waals surface area contributed by atoms with Crippen molar-refractivity contribution < 1.29 is 19.4 Å². The van der Waals surface area contributed by atoms with Gasteiger partial charge in [0, 0.05) is 13.0 Å². The third kappa shape index (κ3) is 41.7. The highest BCUT2D eigenvalue weighted by molar-refractivity contribution is 5.69. The second-order valence-corrected chi connectivity index (χ2v) is 15.5.